The number of aromatic nitrogens is 1. The minimum atomic E-state index is -0.878. The van der Waals surface area contributed by atoms with Crippen molar-refractivity contribution in [1.82, 2.24) is 4.98 Å². The van der Waals surface area contributed by atoms with Gasteiger partial charge in [-0.3, -0.25) is 9.59 Å². The van der Waals surface area contributed by atoms with E-state index in [0.717, 1.165) is 0 Å². The summed E-state index contributed by atoms with van der Waals surface area (Å²) in [4.78, 5) is 25.7. The van der Waals surface area contributed by atoms with Gasteiger partial charge in [0, 0.05) is 18.0 Å². The van der Waals surface area contributed by atoms with Crippen molar-refractivity contribution >= 4 is 28.3 Å². The van der Waals surface area contributed by atoms with E-state index in [1.165, 1.54) is 11.3 Å². The molecule has 0 spiro atoms. The summed E-state index contributed by atoms with van der Waals surface area (Å²) in [5, 5.41) is 13.5. The van der Waals surface area contributed by atoms with Crippen molar-refractivity contribution in [3.63, 3.8) is 0 Å². The van der Waals surface area contributed by atoms with Crippen molar-refractivity contribution < 1.29 is 14.7 Å². The first-order valence-electron chi connectivity index (χ1n) is 4.51. The van der Waals surface area contributed by atoms with Crippen molar-refractivity contribution in [2.45, 2.75) is 19.8 Å². The molecule has 0 fully saturated rings. The zero-order chi connectivity index (χ0) is 11.3. The lowest BCUT2D eigenvalue weighted by Crippen LogP contribution is -2.15. The first kappa shape index (κ1) is 11.6. The Morgan fingerprint density at radius 1 is 1.67 bits per heavy atom. The minimum absolute atomic E-state index is 0.196. The summed E-state index contributed by atoms with van der Waals surface area (Å²) >= 11 is 1.33. The zero-order valence-electron chi connectivity index (χ0n) is 8.27. The van der Waals surface area contributed by atoms with Crippen LogP contribution in [-0.2, 0) is 9.59 Å². The molecule has 1 atom stereocenters. The fourth-order valence-electron chi connectivity index (χ4n) is 0.938. The van der Waals surface area contributed by atoms with E-state index in [-0.39, 0.29) is 12.3 Å². The fraction of sp³-hybridized carbons (Fsp3) is 0.444. The quantitative estimate of drug-likeness (QED) is 0.802. The summed E-state index contributed by atoms with van der Waals surface area (Å²) in [7, 11) is 0. The molecule has 2 N–H and O–H groups in total. The molecular formula is C9H12N2O3S. The predicted octanol–water partition coefficient (Wildman–Crippen LogP) is 1.58. The molecule has 0 aromatic carbocycles. The third kappa shape index (κ3) is 4.07. The number of hydrogen-bond donors (Lipinski definition) is 2. The average molecular weight is 228 g/mol. The molecule has 5 nitrogen and oxygen atoms in total. The summed E-state index contributed by atoms with van der Waals surface area (Å²) in [5.74, 6) is -1.57. The Morgan fingerprint density at radius 2 is 2.40 bits per heavy atom. The number of carbonyl (C=O) groups is 2. The van der Waals surface area contributed by atoms with Crippen LogP contribution in [-0.4, -0.2) is 22.0 Å². The molecule has 0 saturated carbocycles. The zero-order valence-corrected chi connectivity index (χ0v) is 9.08. The smallest absolute Gasteiger partial charge is 0.306 e. The van der Waals surface area contributed by atoms with Crippen LogP contribution in [0.4, 0.5) is 5.13 Å². The van der Waals surface area contributed by atoms with Crippen LogP contribution in [0.2, 0.25) is 0 Å². The molecule has 15 heavy (non-hydrogen) atoms. The number of carboxylic acid groups (broad SMARTS) is 1. The predicted molar refractivity (Wildman–Crippen MR) is 56.8 cm³/mol. The van der Waals surface area contributed by atoms with Crippen LogP contribution in [0.1, 0.15) is 19.8 Å². The van der Waals surface area contributed by atoms with Gasteiger partial charge in [0.2, 0.25) is 5.91 Å². The molecule has 1 amide bonds. The van der Waals surface area contributed by atoms with Crippen LogP contribution in [0.5, 0.6) is 0 Å². The Morgan fingerprint density at radius 3 is 2.93 bits per heavy atom. The number of nitrogens with zero attached hydrogens (tertiary/aromatic N) is 1. The maximum atomic E-state index is 11.3. The van der Waals surface area contributed by atoms with Crippen molar-refractivity contribution in [1.29, 1.82) is 0 Å². The Kier molecular flexibility index (Phi) is 4.23. The van der Waals surface area contributed by atoms with Gasteiger partial charge in [-0.15, -0.1) is 11.3 Å². The number of aliphatic carboxylic acids is 1. The monoisotopic (exact) mass is 228 g/mol. The van der Waals surface area contributed by atoms with Crippen molar-refractivity contribution in [2.75, 3.05) is 5.32 Å². The van der Waals surface area contributed by atoms with Crippen LogP contribution in [0.15, 0.2) is 11.6 Å². The maximum Gasteiger partial charge on any atom is 0.306 e. The van der Waals surface area contributed by atoms with E-state index >= 15 is 0 Å². The van der Waals surface area contributed by atoms with E-state index in [0.29, 0.717) is 11.6 Å². The molecule has 0 aliphatic heterocycles. The number of nitrogens with one attached hydrogen (secondary N) is 1. The number of hydrogen-bond acceptors (Lipinski definition) is 4. The van der Waals surface area contributed by atoms with Gasteiger partial charge in [0.15, 0.2) is 5.13 Å². The lowest BCUT2D eigenvalue weighted by atomic mass is 10.1. The standard InChI is InChI=1S/C9H12N2O3S/c1-6(8(13)14)2-3-7(12)11-9-10-4-5-15-9/h4-6H,2-3H2,1H3,(H,13,14)(H,10,11,12)/t6-/m0/s1. The van der Waals surface area contributed by atoms with Gasteiger partial charge >= 0.3 is 5.97 Å². The molecule has 0 unspecified atom stereocenters. The Hall–Kier alpha value is -1.43. The van der Waals surface area contributed by atoms with Crippen molar-refractivity contribution in [3.8, 4) is 0 Å². The largest absolute Gasteiger partial charge is 0.481 e. The van der Waals surface area contributed by atoms with E-state index in [1.54, 1.807) is 18.5 Å². The number of carbonyl (C=O) groups excluding carboxylic acids is 1. The van der Waals surface area contributed by atoms with Crippen LogP contribution >= 0.6 is 11.3 Å². The van der Waals surface area contributed by atoms with E-state index in [1.807, 2.05) is 0 Å². The van der Waals surface area contributed by atoms with Crippen LogP contribution in [0, 0.1) is 5.92 Å². The topological polar surface area (TPSA) is 79.3 Å². The van der Waals surface area contributed by atoms with Crippen LogP contribution < -0.4 is 5.32 Å². The molecule has 0 aliphatic carbocycles. The highest BCUT2D eigenvalue weighted by Gasteiger charge is 2.13. The molecule has 1 rings (SSSR count). The Bertz CT molecular complexity index is 337. The SMILES string of the molecule is C[C@@H](CCC(=O)Nc1nccs1)C(=O)O. The van der Waals surface area contributed by atoms with Crippen LogP contribution in [0.25, 0.3) is 0 Å². The van der Waals surface area contributed by atoms with Gasteiger partial charge in [-0.1, -0.05) is 6.92 Å². The summed E-state index contributed by atoms with van der Waals surface area (Å²) in [6, 6.07) is 0. The molecule has 1 aromatic rings. The molecule has 1 heterocycles. The van der Waals surface area contributed by atoms with Crippen LogP contribution in [0.3, 0.4) is 0 Å². The number of rotatable bonds is 5. The number of carboxylic acids is 1. The summed E-state index contributed by atoms with van der Waals surface area (Å²) in [5.41, 5.74) is 0. The van der Waals surface area contributed by atoms with Gasteiger partial charge in [0.05, 0.1) is 5.92 Å². The second-order valence-corrected chi connectivity index (χ2v) is 4.06. The second-order valence-electron chi connectivity index (χ2n) is 3.16. The van der Waals surface area contributed by atoms with E-state index < -0.39 is 11.9 Å². The van der Waals surface area contributed by atoms with Crippen molar-refractivity contribution in [2.24, 2.45) is 5.92 Å². The third-order valence-electron chi connectivity index (χ3n) is 1.90. The van der Waals surface area contributed by atoms with E-state index in [2.05, 4.69) is 10.3 Å². The lowest BCUT2D eigenvalue weighted by Gasteiger charge is -2.05. The average Bonchev–Trinajstić information content (AvgIpc) is 2.66. The maximum absolute atomic E-state index is 11.3. The summed E-state index contributed by atoms with van der Waals surface area (Å²) in [6.45, 7) is 1.58. The van der Waals surface area contributed by atoms with Crippen molar-refractivity contribution in [3.05, 3.63) is 11.6 Å². The van der Waals surface area contributed by atoms with Gasteiger partial charge < -0.3 is 10.4 Å². The third-order valence-corrected chi connectivity index (χ3v) is 2.59. The highest BCUT2D eigenvalue weighted by molar-refractivity contribution is 7.13. The molecule has 0 saturated heterocycles. The fourth-order valence-corrected chi connectivity index (χ4v) is 1.48. The van der Waals surface area contributed by atoms with Gasteiger partial charge in [-0.05, 0) is 6.42 Å². The molecule has 82 valence electrons. The highest BCUT2D eigenvalue weighted by Crippen LogP contribution is 2.12. The normalized spacial score (nSPS) is 12.1. The highest BCUT2D eigenvalue weighted by atomic mass is 32.1. The first-order valence-corrected chi connectivity index (χ1v) is 5.39. The summed E-state index contributed by atoms with van der Waals surface area (Å²) in [6.07, 6.45) is 2.14. The van der Waals surface area contributed by atoms with Gasteiger partial charge in [0.1, 0.15) is 0 Å². The number of amides is 1. The Labute approximate surface area is 91.1 Å². The first-order chi connectivity index (χ1) is 7.09. The molecule has 0 radical (unpaired) electrons. The molecule has 1 aromatic heterocycles. The van der Waals surface area contributed by atoms with Gasteiger partial charge in [-0.2, -0.15) is 0 Å². The molecule has 0 aliphatic rings. The molecule has 0 bridgehead atoms. The van der Waals surface area contributed by atoms with Gasteiger partial charge in [-0.25, -0.2) is 4.98 Å². The molecule has 6 heteroatoms. The lowest BCUT2D eigenvalue weighted by molar-refractivity contribution is -0.141. The Balaban J connectivity index is 2.28. The minimum Gasteiger partial charge on any atom is -0.481 e. The number of anilines is 1. The summed E-state index contributed by atoms with van der Waals surface area (Å²) < 4.78 is 0. The van der Waals surface area contributed by atoms with E-state index in [4.69, 9.17) is 5.11 Å². The molecular weight excluding hydrogens is 216 g/mol. The second kappa shape index (κ2) is 5.45. The van der Waals surface area contributed by atoms with E-state index in [9.17, 15) is 9.59 Å². The van der Waals surface area contributed by atoms with Gasteiger partial charge in [0.25, 0.3) is 0 Å². The number of thiazole rings is 1.